The van der Waals surface area contributed by atoms with Gasteiger partial charge in [-0.2, -0.15) is 0 Å². The van der Waals surface area contributed by atoms with Crippen LogP contribution in [0.4, 0.5) is 0 Å². The zero-order chi connectivity index (χ0) is 13.6. The number of nitrogens with zero attached hydrogens (tertiary/aromatic N) is 2. The first-order chi connectivity index (χ1) is 9.93. The maximum absolute atomic E-state index is 4.21. The summed E-state index contributed by atoms with van der Waals surface area (Å²) in [4.78, 5) is 6.72. The normalized spacial score (nSPS) is 16.2. The lowest BCUT2D eigenvalue weighted by atomic mass is 10.0. The number of hydrogen-bond donors (Lipinski definition) is 0. The fraction of sp³-hybridized carbons (Fsp3) is 0.278. The summed E-state index contributed by atoms with van der Waals surface area (Å²) >= 11 is 0. The van der Waals surface area contributed by atoms with Crippen molar-refractivity contribution in [1.82, 2.24) is 9.88 Å². The van der Waals surface area contributed by atoms with Crippen LogP contribution in [0.3, 0.4) is 0 Å². The van der Waals surface area contributed by atoms with E-state index in [1.165, 1.54) is 30.5 Å². The predicted molar refractivity (Wildman–Crippen MR) is 84.0 cm³/mol. The van der Waals surface area contributed by atoms with Gasteiger partial charge in [-0.25, -0.2) is 0 Å². The van der Waals surface area contributed by atoms with E-state index in [4.69, 9.17) is 0 Å². The van der Waals surface area contributed by atoms with Crippen molar-refractivity contribution < 1.29 is 0 Å². The minimum absolute atomic E-state index is 1.15. The van der Waals surface area contributed by atoms with E-state index in [0.29, 0.717) is 0 Å². The molecule has 2 heteroatoms. The third-order valence-electron chi connectivity index (χ3n) is 3.75. The van der Waals surface area contributed by atoms with Gasteiger partial charge < -0.3 is 4.90 Å². The van der Waals surface area contributed by atoms with Crippen LogP contribution in [0.15, 0.2) is 54.9 Å². The Labute approximate surface area is 120 Å². The molecule has 20 heavy (non-hydrogen) atoms. The first-order valence-electron chi connectivity index (χ1n) is 7.35. The average Bonchev–Trinajstić information content (AvgIpc) is 2.55. The van der Waals surface area contributed by atoms with Crippen LogP contribution >= 0.6 is 0 Å². The molecule has 1 saturated heterocycles. The van der Waals surface area contributed by atoms with E-state index in [0.717, 1.165) is 18.7 Å². The maximum Gasteiger partial charge on any atom is 0.0446 e. The van der Waals surface area contributed by atoms with Crippen molar-refractivity contribution in [3.05, 3.63) is 66.0 Å². The number of rotatable bonds is 3. The molecule has 0 unspecified atom stereocenters. The van der Waals surface area contributed by atoms with Crippen molar-refractivity contribution in [2.24, 2.45) is 0 Å². The van der Waals surface area contributed by atoms with Crippen molar-refractivity contribution in [2.45, 2.75) is 19.3 Å². The van der Waals surface area contributed by atoms with Crippen LogP contribution in [0, 0.1) is 0 Å². The molecule has 0 radical (unpaired) electrons. The van der Waals surface area contributed by atoms with Crippen molar-refractivity contribution in [2.75, 3.05) is 13.1 Å². The number of piperidine rings is 1. The Morgan fingerprint density at radius 2 is 1.75 bits per heavy atom. The summed E-state index contributed by atoms with van der Waals surface area (Å²) in [5.74, 6) is 0. The van der Waals surface area contributed by atoms with Crippen LogP contribution in [0.2, 0.25) is 0 Å². The summed E-state index contributed by atoms with van der Waals surface area (Å²) in [5, 5.41) is 0. The van der Waals surface area contributed by atoms with Crippen molar-refractivity contribution in [1.29, 1.82) is 0 Å². The molecule has 1 aromatic heterocycles. The molecule has 0 atom stereocenters. The fourth-order valence-corrected chi connectivity index (χ4v) is 2.72. The van der Waals surface area contributed by atoms with Gasteiger partial charge in [0.2, 0.25) is 0 Å². The Morgan fingerprint density at radius 3 is 2.45 bits per heavy atom. The lowest BCUT2D eigenvalue weighted by Gasteiger charge is -2.31. The number of hydrogen-bond acceptors (Lipinski definition) is 2. The van der Waals surface area contributed by atoms with E-state index in [2.05, 4.69) is 52.4 Å². The largest absolute Gasteiger partial charge is 0.371 e. The Kier molecular flexibility index (Phi) is 4.12. The summed E-state index contributed by atoms with van der Waals surface area (Å²) in [7, 11) is 0. The van der Waals surface area contributed by atoms with Gasteiger partial charge >= 0.3 is 0 Å². The summed E-state index contributed by atoms with van der Waals surface area (Å²) in [5.41, 5.74) is 3.77. The summed E-state index contributed by atoms with van der Waals surface area (Å²) in [6, 6.07) is 14.8. The quantitative estimate of drug-likeness (QED) is 0.831. The van der Waals surface area contributed by atoms with Gasteiger partial charge in [0.25, 0.3) is 0 Å². The molecule has 0 saturated carbocycles. The van der Waals surface area contributed by atoms with E-state index in [1.807, 2.05) is 18.5 Å². The minimum Gasteiger partial charge on any atom is -0.371 e. The molecule has 1 aliphatic rings. The van der Waals surface area contributed by atoms with Crippen LogP contribution in [-0.4, -0.2) is 23.0 Å². The van der Waals surface area contributed by atoms with Crippen LogP contribution in [0.1, 0.15) is 30.4 Å². The molecule has 2 aromatic rings. The Balaban J connectivity index is 1.97. The van der Waals surface area contributed by atoms with Crippen LogP contribution in [-0.2, 0) is 0 Å². The van der Waals surface area contributed by atoms with Crippen molar-refractivity contribution in [3.63, 3.8) is 0 Å². The Morgan fingerprint density at radius 1 is 0.950 bits per heavy atom. The Hall–Kier alpha value is -2.09. The highest BCUT2D eigenvalue weighted by atomic mass is 15.1. The molecule has 2 heterocycles. The minimum atomic E-state index is 1.15. The van der Waals surface area contributed by atoms with Gasteiger partial charge in [-0.05, 0) is 42.5 Å². The van der Waals surface area contributed by atoms with E-state index < -0.39 is 0 Å². The first-order valence-corrected chi connectivity index (χ1v) is 7.35. The highest BCUT2D eigenvalue weighted by molar-refractivity contribution is 5.80. The highest BCUT2D eigenvalue weighted by Crippen LogP contribution is 2.25. The third-order valence-corrected chi connectivity index (χ3v) is 3.75. The zero-order valence-corrected chi connectivity index (χ0v) is 11.7. The second kappa shape index (κ2) is 6.38. The maximum atomic E-state index is 4.21. The van der Waals surface area contributed by atoms with Gasteiger partial charge in [0.15, 0.2) is 0 Å². The van der Waals surface area contributed by atoms with Crippen LogP contribution in [0.25, 0.3) is 11.8 Å². The molecule has 0 N–H and O–H groups in total. The van der Waals surface area contributed by atoms with Gasteiger partial charge in [-0.15, -0.1) is 0 Å². The molecule has 2 nitrogen and oxygen atoms in total. The number of likely N-dealkylation sites (tertiary alicyclic amines) is 1. The lowest BCUT2D eigenvalue weighted by Crippen LogP contribution is -2.28. The van der Waals surface area contributed by atoms with Gasteiger partial charge in [-0.1, -0.05) is 36.4 Å². The second-order valence-electron chi connectivity index (χ2n) is 5.23. The molecule has 1 aliphatic heterocycles. The molecular weight excluding hydrogens is 244 g/mol. The smallest absolute Gasteiger partial charge is 0.0446 e. The first kappa shape index (κ1) is 12.9. The molecule has 1 fully saturated rings. The molecule has 1 aromatic carbocycles. The molecule has 3 rings (SSSR count). The SMILES string of the molecule is C(=C(\c1ccccc1)N1CCCCC1)/c1cccnc1. The van der Waals surface area contributed by atoms with Gasteiger partial charge in [-0.3, -0.25) is 4.98 Å². The summed E-state index contributed by atoms with van der Waals surface area (Å²) in [6.07, 6.45) is 9.93. The molecular formula is C18H20N2. The van der Waals surface area contributed by atoms with E-state index >= 15 is 0 Å². The number of benzene rings is 1. The van der Waals surface area contributed by atoms with Gasteiger partial charge in [0, 0.05) is 31.2 Å². The Bertz CT molecular complexity index is 554. The van der Waals surface area contributed by atoms with E-state index in [9.17, 15) is 0 Å². The predicted octanol–water partition coefficient (Wildman–Crippen LogP) is 4.07. The second-order valence-corrected chi connectivity index (χ2v) is 5.23. The molecule has 102 valence electrons. The van der Waals surface area contributed by atoms with Gasteiger partial charge in [0.05, 0.1) is 0 Å². The molecule has 0 spiro atoms. The van der Waals surface area contributed by atoms with E-state index in [1.54, 1.807) is 0 Å². The third kappa shape index (κ3) is 3.08. The molecule has 0 aliphatic carbocycles. The number of aromatic nitrogens is 1. The van der Waals surface area contributed by atoms with Crippen molar-refractivity contribution >= 4 is 11.8 Å². The monoisotopic (exact) mass is 264 g/mol. The molecule has 0 bridgehead atoms. The topological polar surface area (TPSA) is 16.1 Å². The highest BCUT2D eigenvalue weighted by Gasteiger charge is 2.14. The summed E-state index contributed by atoms with van der Waals surface area (Å²) < 4.78 is 0. The lowest BCUT2D eigenvalue weighted by molar-refractivity contribution is 0.327. The van der Waals surface area contributed by atoms with Gasteiger partial charge in [0.1, 0.15) is 0 Å². The van der Waals surface area contributed by atoms with E-state index in [-0.39, 0.29) is 0 Å². The summed E-state index contributed by atoms with van der Waals surface area (Å²) in [6.45, 7) is 2.31. The average molecular weight is 264 g/mol. The fourth-order valence-electron chi connectivity index (χ4n) is 2.72. The zero-order valence-electron chi connectivity index (χ0n) is 11.7. The van der Waals surface area contributed by atoms with Crippen LogP contribution in [0.5, 0.6) is 0 Å². The number of pyridine rings is 1. The standard InChI is InChI=1S/C18H20N2/c1-3-9-17(10-4-1)18(20-12-5-2-6-13-20)14-16-8-7-11-19-15-16/h1,3-4,7-11,14-15H,2,5-6,12-13H2/b18-14-. The van der Waals surface area contributed by atoms with Crippen molar-refractivity contribution in [3.8, 4) is 0 Å². The molecule has 0 amide bonds. The van der Waals surface area contributed by atoms with Crippen LogP contribution < -0.4 is 0 Å².